The van der Waals surface area contributed by atoms with Crippen LogP contribution in [0.3, 0.4) is 0 Å². The number of fused-ring (bicyclic) bond motifs is 1. The van der Waals surface area contributed by atoms with E-state index in [1.165, 1.54) is 0 Å². The number of methoxy groups -OCH3 is 1. The molecule has 0 heterocycles. The van der Waals surface area contributed by atoms with Gasteiger partial charge in [0.05, 0.1) is 28.8 Å². The Morgan fingerprint density at radius 2 is 1.69 bits per heavy atom. The molecule has 0 aliphatic carbocycles. The van der Waals surface area contributed by atoms with Crippen LogP contribution < -0.4 is 9.47 Å². The molecule has 0 saturated carbocycles. The first-order valence-electron chi connectivity index (χ1n) is 9.93. The Morgan fingerprint density at radius 3 is 2.44 bits per heavy atom. The Kier molecular flexibility index (Phi) is 6.66. The molecule has 32 heavy (non-hydrogen) atoms. The monoisotopic (exact) mass is 459 g/mol. The average Bonchev–Trinajstić information content (AvgIpc) is 2.83. The Bertz CT molecular complexity index is 1360. The molecule has 4 rings (SSSR count). The van der Waals surface area contributed by atoms with E-state index < -0.39 is 0 Å². The van der Waals surface area contributed by atoms with Crippen molar-refractivity contribution in [2.75, 3.05) is 7.11 Å². The van der Waals surface area contributed by atoms with Crippen LogP contribution in [0.2, 0.25) is 10.0 Å². The summed E-state index contributed by atoms with van der Waals surface area (Å²) in [5.74, 6) is 1.18. The van der Waals surface area contributed by atoms with Gasteiger partial charge in [-0.25, -0.2) is 0 Å². The molecule has 4 aromatic carbocycles. The third kappa shape index (κ3) is 4.89. The van der Waals surface area contributed by atoms with Gasteiger partial charge in [0.15, 0.2) is 11.5 Å². The summed E-state index contributed by atoms with van der Waals surface area (Å²) in [4.78, 5) is 0. The Morgan fingerprint density at radius 1 is 0.875 bits per heavy atom. The van der Waals surface area contributed by atoms with Gasteiger partial charge in [0.2, 0.25) is 0 Å². The van der Waals surface area contributed by atoms with Gasteiger partial charge in [-0.05, 0) is 63.9 Å². The van der Waals surface area contributed by atoms with Crippen molar-refractivity contribution < 1.29 is 9.47 Å². The third-order valence-corrected chi connectivity index (χ3v) is 5.80. The van der Waals surface area contributed by atoms with E-state index in [2.05, 4.69) is 12.1 Å². The zero-order valence-corrected chi connectivity index (χ0v) is 18.8. The second kappa shape index (κ2) is 9.78. The molecule has 0 aliphatic rings. The van der Waals surface area contributed by atoms with Crippen LogP contribution in [0.5, 0.6) is 11.5 Å². The van der Waals surface area contributed by atoms with E-state index in [0.29, 0.717) is 33.7 Å². The molecule has 158 valence electrons. The SMILES string of the molecule is COc1cc(/C=C(/C#N)c2ccc3ccccc3c2)ccc1OCc1ccc(Cl)c(Cl)c1. The summed E-state index contributed by atoms with van der Waals surface area (Å²) in [6, 6.07) is 27.3. The molecule has 0 fully saturated rings. The highest BCUT2D eigenvalue weighted by Gasteiger charge is 2.09. The van der Waals surface area contributed by atoms with Gasteiger partial charge >= 0.3 is 0 Å². The van der Waals surface area contributed by atoms with Crippen LogP contribution >= 0.6 is 23.2 Å². The van der Waals surface area contributed by atoms with Crippen LogP contribution in [0, 0.1) is 11.3 Å². The maximum absolute atomic E-state index is 9.75. The van der Waals surface area contributed by atoms with Crippen LogP contribution in [-0.4, -0.2) is 7.11 Å². The van der Waals surface area contributed by atoms with Gasteiger partial charge in [-0.1, -0.05) is 71.7 Å². The molecule has 0 radical (unpaired) electrons. The summed E-state index contributed by atoms with van der Waals surface area (Å²) in [7, 11) is 1.59. The molecule has 0 aliphatic heterocycles. The van der Waals surface area contributed by atoms with Crippen LogP contribution in [0.1, 0.15) is 16.7 Å². The number of nitrogens with zero attached hydrogens (tertiary/aromatic N) is 1. The number of hydrogen-bond acceptors (Lipinski definition) is 3. The van der Waals surface area contributed by atoms with Crippen molar-refractivity contribution in [2.24, 2.45) is 0 Å². The number of ether oxygens (including phenoxy) is 2. The standard InChI is InChI=1S/C27H19Cl2NO2/c1-31-27-14-18(7-11-26(27)32-17-19-6-10-24(28)25(29)13-19)12-23(16-30)22-9-8-20-4-2-3-5-21(20)15-22/h2-15H,17H2,1H3/b23-12-. The van der Waals surface area contributed by atoms with E-state index in [0.717, 1.165) is 27.5 Å². The number of benzene rings is 4. The molecule has 0 aromatic heterocycles. The van der Waals surface area contributed by atoms with Crippen molar-refractivity contribution in [1.82, 2.24) is 0 Å². The van der Waals surface area contributed by atoms with Crippen LogP contribution in [0.25, 0.3) is 22.4 Å². The fraction of sp³-hybridized carbons (Fsp3) is 0.0741. The lowest BCUT2D eigenvalue weighted by molar-refractivity contribution is 0.284. The largest absolute Gasteiger partial charge is 0.493 e. The third-order valence-electron chi connectivity index (χ3n) is 5.06. The molecule has 0 spiro atoms. The minimum atomic E-state index is 0.322. The summed E-state index contributed by atoms with van der Waals surface area (Å²) in [5, 5.41) is 13.0. The normalized spacial score (nSPS) is 11.2. The number of allylic oxidation sites excluding steroid dienone is 1. The first kappa shape index (κ1) is 21.8. The lowest BCUT2D eigenvalue weighted by Crippen LogP contribution is -1.98. The van der Waals surface area contributed by atoms with Crippen molar-refractivity contribution >= 4 is 45.6 Å². The molecular formula is C27H19Cl2NO2. The van der Waals surface area contributed by atoms with Crippen molar-refractivity contribution in [1.29, 1.82) is 5.26 Å². The number of halogens is 2. The topological polar surface area (TPSA) is 42.2 Å². The molecular weight excluding hydrogens is 441 g/mol. The predicted molar refractivity (Wildman–Crippen MR) is 131 cm³/mol. The van der Waals surface area contributed by atoms with Crippen molar-refractivity contribution in [3.63, 3.8) is 0 Å². The zero-order valence-electron chi connectivity index (χ0n) is 17.3. The van der Waals surface area contributed by atoms with E-state index >= 15 is 0 Å². The van der Waals surface area contributed by atoms with Gasteiger partial charge in [-0.2, -0.15) is 5.26 Å². The lowest BCUT2D eigenvalue weighted by Gasteiger charge is -2.12. The van der Waals surface area contributed by atoms with E-state index in [-0.39, 0.29) is 0 Å². The zero-order chi connectivity index (χ0) is 22.5. The first-order valence-corrected chi connectivity index (χ1v) is 10.7. The van der Waals surface area contributed by atoms with Gasteiger partial charge in [0.1, 0.15) is 6.61 Å². The predicted octanol–water partition coefficient (Wildman–Crippen LogP) is 7.80. The van der Waals surface area contributed by atoms with Gasteiger partial charge < -0.3 is 9.47 Å². The van der Waals surface area contributed by atoms with Crippen molar-refractivity contribution in [3.8, 4) is 17.6 Å². The second-order valence-corrected chi connectivity index (χ2v) is 7.99. The summed E-state index contributed by atoms with van der Waals surface area (Å²) in [5.41, 5.74) is 3.18. The van der Waals surface area contributed by atoms with Gasteiger partial charge in [0, 0.05) is 0 Å². The highest BCUT2D eigenvalue weighted by atomic mass is 35.5. The molecule has 5 heteroatoms. The minimum absolute atomic E-state index is 0.322. The minimum Gasteiger partial charge on any atom is -0.493 e. The summed E-state index contributed by atoms with van der Waals surface area (Å²) < 4.78 is 11.4. The van der Waals surface area contributed by atoms with E-state index in [4.69, 9.17) is 32.7 Å². The first-order chi connectivity index (χ1) is 15.6. The van der Waals surface area contributed by atoms with Crippen LogP contribution in [0.15, 0.2) is 78.9 Å². The molecule has 0 bridgehead atoms. The summed E-state index contributed by atoms with van der Waals surface area (Å²) >= 11 is 12.0. The summed E-state index contributed by atoms with van der Waals surface area (Å²) in [6.45, 7) is 0.322. The lowest BCUT2D eigenvalue weighted by atomic mass is 10.00. The maximum atomic E-state index is 9.75. The van der Waals surface area contributed by atoms with Crippen molar-refractivity contribution in [3.05, 3.63) is 106 Å². The molecule has 0 N–H and O–H groups in total. The molecule has 0 atom stereocenters. The van der Waals surface area contributed by atoms with E-state index in [1.54, 1.807) is 19.2 Å². The molecule has 4 aromatic rings. The maximum Gasteiger partial charge on any atom is 0.161 e. The number of nitriles is 1. The fourth-order valence-electron chi connectivity index (χ4n) is 3.39. The van der Waals surface area contributed by atoms with E-state index in [1.807, 2.05) is 66.7 Å². The Hall–Kier alpha value is -3.45. The van der Waals surface area contributed by atoms with Crippen LogP contribution in [-0.2, 0) is 6.61 Å². The number of rotatable bonds is 6. The molecule has 0 amide bonds. The quantitative estimate of drug-likeness (QED) is 0.218. The highest BCUT2D eigenvalue weighted by molar-refractivity contribution is 6.42. The van der Waals surface area contributed by atoms with Crippen molar-refractivity contribution in [2.45, 2.75) is 6.61 Å². The highest BCUT2D eigenvalue weighted by Crippen LogP contribution is 2.31. The molecule has 3 nitrogen and oxygen atoms in total. The average molecular weight is 460 g/mol. The summed E-state index contributed by atoms with van der Waals surface area (Å²) in [6.07, 6.45) is 1.84. The number of hydrogen-bond donors (Lipinski definition) is 0. The Labute approximate surface area is 197 Å². The van der Waals surface area contributed by atoms with E-state index in [9.17, 15) is 5.26 Å². The Balaban J connectivity index is 1.58. The second-order valence-electron chi connectivity index (χ2n) is 7.18. The molecule has 0 unspecified atom stereocenters. The van der Waals surface area contributed by atoms with Gasteiger partial charge in [0.25, 0.3) is 0 Å². The molecule has 0 saturated heterocycles. The smallest absolute Gasteiger partial charge is 0.161 e. The fourth-order valence-corrected chi connectivity index (χ4v) is 3.71. The van der Waals surface area contributed by atoms with Gasteiger partial charge in [-0.3, -0.25) is 0 Å². The van der Waals surface area contributed by atoms with Gasteiger partial charge in [-0.15, -0.1) is 0 Å². The van der Waals surface area contributed by atoms with Crippen LogP contribution in [0.4, 0.5) is 0 Å².